The van der Waals surface area contributed by atoms with Gasteiger partial charge in [0.1, 0.15) is 0 Å². The molecule has 0 heterocycles. The molecule has 0 aliphatic rings. The molecule has 4 nitrogen and oxygen atoms in total. The lowest BCUT2D eigenvalue weighted by Crippen LogP contribution is -2.41. The molecule has 4 aromatic rings. The zero-order valence-electron chi connectivity index (χ0n) is 22.4. The van der Waals surface area contributed by atoms with Crippen LogP contribution in [0.2, 0.25) is 5.02 Å². The third-order valence-corrected chi connectivity index (χ3v) is 7.11. The standard InChI is InChI=1S/C31H25ClF6N2O2/c1-18-11-25(32)9-10-27(18)39-28(41)17-26(13-19-7-8-20-5-3-4-6-21(20)12-19)40(2)29(42)22-14-23(30(33,34)35)16-24(15-22)31(36,37)38/h3-12,14-16,26H,13,17H2,1-2H3,(H,39,41). The largest absolute Gasteiger partial charge is 0.416 e. The summed E-state index contributed by atoms with van der Waals surface area (Å²) in [4.78, 5) is 27.6. The number of likely N-dealkylation sites (N-methyl/N-ethyl adjacent to an activating group) is 1. The van der Waals surface area contributed by atoms with E-state index in [4.69, 9.17) is 11.6 Å². The van der Waals surface area contributed by atoms with Crippen LogP contribution in [0.5, 0.6) is 0 Å². The number of carbonyl (C=O) groups excluding carboxylic acids is 2. The van der Waals surface area contributed by atoms with Crippen LogP contribution in [0.25, 0.3) is 10.8 Å². The molecule has 0 saturated heterocycles. The van der Waals surface area contributed by atoms with E-state index in [0.717, 1.165) is 15.7 Å². The van der Waals surface area contributed by atoms with Crippen molar-refractivity contribution >= 4 is 39.9 Å². The molecular formula is C31H25ClF6N2O2. The van der Waals surface area contributed by atoms with E-state index in [1.807, 2.05) is 36.4 Å². The lowest BCUT2D eigenvalue weighted by Gasteiger charge is -2.29. The van der Waals surface area contributed by atoms with Gasteiger partial charge < -0.3 is 10.2 Å². The van der Waals surface area contributed by atoms with Gasteiger partial charge in [-0.3, -0.25) is 9.59 Å². The van der Waals surface area contributed by atoms with Crippen LogP contribution in [-0.2, 0) is 23.6 Å². The first kappa shape index (κ1) is 30.9. The maximum absolute atomic E-state index is 13.5. The Balaban J connectivity index is 1.68. The minimum absolute atomic E-state index is 0.0365. The topological polar surface area (TPSA) is 49.4 Å². The minimum atomic E-state index is -5.12. The summed E-state index contributed by atoms with van der Waals surface area (Å²) in [5.41, 5.74) is -2.14. The number of nitrogens with one attached hydrogen (secondary N) is 1. The molecule has 1 unspecified atom stereocenters. The molecule has 4 aromatic carbocycles. The highest BCUT2D eigenvalue weighted by molar-refractivity contribution is 6.30. The van der Waals surface area contributed by atoms with Gasteiger partial charge in [-0.15, -0.1) is 0 Å². The van der Waals surface area contributed by atoms with E-state index in [1.54, 1.807) is 31.2 Å². The van der Waals surface area contributed by atoms with Gasteiger partial charge in [-0.2, -0.15) is 26.3 Å². The zero-order valence-corrected chi connectivity index (χ0v) is 23.2. The number of hydrogen-bond acceptors (Lipinski definition) is 2. The molecular weight excluding hydrogens is 582 g/mol. The van der Waals surface area contributed by atoms with Crippen molar-refractivity contribution in [1.29, 1.82) is 0 Å². The van der Waals surface area contributed by atoms with Crippen molar-refractivity contribution in [3.8, 4) is 0 Å². The number of hydrogen-bond donors (Lipinski definition) is 1. The van der Waals surface area contributed by atoms with Crippen molar-refractivity contribution in [3.05, 3.63) is 112 Å². The Morgan fingerprint density at radius 2 is 1.45 bits per heavy atom. The van der Waals surface area contributed by atoms with Gasteiger partial charge in [0.25, 0.3) is 5.91 Å². The van der Waals surface area contributed by atoms with Gasteiger partial charge in [-0.25, -0.2) is 0 Å². The molecule has 0 spiro atoms. The van der Waals surface area contributed by atoms with Crippen molar-refractivity contribution in [2.75, 3.05) is 12.4 Å². The molecule has 220 valence electrons. The SMILES string of the molecule is Cc1cc(Cl)ccc1NC(=O)CC(Cc1ccc2ccccc2c1)N(C)C(=O)c1cc(C(F)(F)F)cc(C(F)(F)F)c1. The van der Waals surface area contributed by atoms with Crippen molar-refractivity contribution in [2.45, 2.75) is 38.2 Å². The van der Waals surface area contributed by atoms with Crippen molar-refractivity contribution in [2.24, 2.45) is 0 Å². The zero-order chi connectivity index (χ0) is 30.8. The first-order chi connectivity index (χ1) is 19.6. The maximum Gasteiger partial charge on any atom is 0.416 e. The monoisotopic (exact) mass is 606 g/mol. The molecule has 1 atom stereocenters. The van der Waals surface area contributed by atoms with Crippen LogP contribution in [0, 0.1) is 6.92 Å². The Bertz CT molecular complexity index is 1600. The number of amides is 2. The normalized spacial score (nSPS) is 12.7. The molecule has 0 aliphatic heterocycles. The average molecular weight is 607 g/mol. The lowest BCUT2D eigenvalue weighted by molar-refractivity contribution is -0.143. The summed E-state index contributed by atoms with van der Waals surface area (Å²) in [5.74, 6) is -1.60. The Morgan fingerprint density at radius 3 is 2.05 bits per heavy atom. The molecule has 4 rings (SSSR count). The summed E-state index contributed by atoms with van der Waals surface area (Å²) in [6.07, 6.45) is -10.4. The molecule has 11 heteroatoms. The fourth-order valence-electron chi connectivity index (χ4n) is 4.61. The highest BCUT2D eigenvalue weighted by Gasteiger charge is 2.38. The van der Waals surface area contributed by atoms with Gasteiger partial charge in [0, 0.05) is 35.8 Å². The number of aryl methyl sites for hydroxylation is 1. The number of fused-ring (bicyclic) bond motifs is 1. The molecule has 42 heavy (non-hydrogen) atoms. The van der Waals surface area contributed by atoms with Crippen LogP contribution in [0.4, 0.5) is 32.0 Å². The van der Waals surface area contributed by atoms with Crippen LogP contribution in [0.15, 0.2) is 78.9 Å². The first-order valence-corrected chi connectivity index (χ1v) is 13.1. The molecule has 0 aromatic heterocycles. The van der Waals surface area contributed by atoms with Crippen LogP contribution < -0.4 is 5.32 Å². The van der Waals surface area contributed by atoms with Gasteiger partial charge in [-0.1, -0.05) is 54.1 Å². The molecule has 0 fully saturated rings. The predicted molar refractivity (Wildman–Crippen MR) is 149 cm³/mol. The lowest BCUT2D eigenvalue weighted by atomic mass is 9.97. The summed E-state index contributed by atoms with van der Waals surface area (Å²) in [6.45, 7) is 1.73. The third kappa shape index (κ3) is 7.42. The number of alkyl halides is 6. The summed E-state index contributed by atoms with van der Waals surface area (Å²) >= 11 is 5.99. The van der Waals surface area contributed by atoms with E-state index in [0.29, 0.717) is 34.0 Å². The molecule has 0 radical (unpaired) electrons. The second kappa shape index (κ2) is 12.1. The van der Waals surface area contributed by atoms with Gasteiger partial charge in [0.15, 0.2) is 0 Å². The molecule has 0 aliphatic carbocycles. The highest BCUT2D eigenvalue weighted by atomic mass is 35.5. The number of carbonyl (C=O) groups is 2. The number of halogens is 7. The summed E-state index contributed by atoms with van der Waals surface area (Å²) in [6, 6.07) is 17.6. The van der Waals surface area contributed by atoms with E-state index >= 15 is 0 Å². The van der Waals surface area contributed by atoms with E-state index in [9.17, 15) is 35.9 Å². The van der Waals surface area contributed by atoms with Crippen LogP contribution in [0.1, 0.15) is 39.0 Å². The number of anilines is 1. The van der Waals surface area contributed by atoms with Crippen LogP contribution in [0.3, 0.4) is 0 Å². The van der Waals surface area contributed by atoms with E-state index in [1.165, 1.54) is 7.05 Å². The maximum atomic E-state index is 13.5. The number of nitrogens with zero attached hydrogens (tertiary/aromatic N) is 1. The second-order valence-corrected chi connectivity index (χ2v) is 10.4. The number of rotatable bonds is 7. The smallest absolute Gasteiger partial charge is 0.338 e. The summed E-state index contributed by atoms with van der Waals surface area (Å²) < 4.78 is 80.7. The highest BCUT2D eigenvalue weighted by Crippen LogP contribution is 2.37. The first-order valence-electron chi connectivity index (χ1n) is 12.7. The van der Waals surface area contributed by atoms with Crippen molar-refractivity contribution in [3.63, 3.8) is 0 Å². The Morgan fingerprint density at radius 1 is 0.833 bits per heavy atom. The Labute approximate surface area is 242 Å². The summed E-state index contributed by atoms with van der Waals surface area (Å²) in [7, 11) is 1.25. The predicted octanol–water partition coefficient (Wildman–Crippen LogP) is 8.55. The molecule has 0 saturated carbocycles. The van der Waals surface area contributed by atoms with Crippen LogP contribution in [-0.4, -0.2) is 29.8 Å². The minimum Gasteiger partial charge on any atom is -0.338 e. The summed E-state index contributed by atoms with van der Waals surface area (Å²) in [5, 5.41) is 5.04. The second-order valence-electron chi connectivity index (χ2n) is 9.96. The van der Waals surface area contributed by atoms with E-state index < -0.39 is 46.9 Å². The molecule has 2 amide bonds. The van der Waals surface area contributed by atoms with Crippen molar-refractivity contribution in [1.82, 2.24) is 4.90 Å². The van der Waals surface area contributed by atoms with Crippen LogP contribution >= 0.6 is 11.6 Å². The fraction of sp³-hybridized carbons (Fsp3) is 0.226. The van der Waals surface area contributed by atoms with Crippen molar-refractivity contribution < 1.29 is 35.9 Å². The molecule has 1 N–H and O–H groups in total. The fourth-order valence-corrected chi connectivity index (χ4v) is 4.84. The van der Waals surface area contributed by atoms with Gasteiger partial charge >= 0.3 is 12.4 Å². The molecule has 0 bridgehead atoms. The average Bonchev–Trinajstić information content (AvgIpc) is 2.92. The number of benzene rings is 4. The van der Waals surface area contributed by atoms with E-state index in [-0.39, 0.29) is 18.9 Å². The third-order valence-electron chi connectivity index (χ3n) is 6.87. The van der Waals surface area contributed by atoms with Gasteiger partial charge in [-0.05, 0) is 71.6 Å². The van der Waals surface area contributed by atoms with Gasteiger partial charge in [0.05, 0.1) is 11.1 Å². The Hall–Kier alpha value is -4.05. The van der Waals surface area contributed by atoms with Gasteiger partial charge in [0.2, 0.25) is 5.91 Å². The Kier molecular flexibility index (Phi) is 8.87. The van der Waals surface area contributed by atoms with E-state index in [2.05, 4.69) is 5.32 Å². The quantitative estimate of drug-likeness (QED) is 0.214.